The van der Waals surface area contributed by atoms with E-state index in [1.54, 1.807) is 0 Å². The second-order valence-electron chi connectivity index (χ2n) is 17.8. The standard InChI is InChI=1S/C49H21Br29/c50-31-32(51)34(52)40(59,60)37(55)33(31)38(56,46(71,72)49(77,78)44(37,67)68)45(69,70)48(75,76)43(65,66)36(54,29-20-8-14-23-11-2-5-17-26(23)29)41(61,62)35(53,28-19-7-13-22-10-1-4-16-25(22)28)42(63,64)47(73,74)39(57,58)30-21-9-15-24-12-3-6-18-27(24)30/h1-21H. The topological polar surface area (TPSA) is 0 Å². The normalized spacial score (nSPS) is 23.8. The molecule has 4 unspecified atom stereocenters. The highest BCUT2D eigenvalue weighted by molar-refractivity contribution is 9.36. The number of rotatable bonds is 12. The Balaban J connectivity index is 1.53. The molecule has 6 aromatic carbocycles. The van der Waals surface area contributed by atoms with Crippen molar-refractivity contribution in [2.75, 3.05) is 0 Å². The maximum Gasteiger partial charge on any atom is 0.136 e. The number of halogens is 29. The molecule has 0 spiro atoms. The molecule has 0 aromatic heterocycles. The molecular formula is C49H21Br29. The van der Waals surface area contributed by atoms with Gasteiger partial charge in [0, 0.05) is 13.4 Å². The van der Waals surface area contributed by atoms with Gasteiger partial charge in [0.1, 0.15) is 52.9 Å². The van der Waals surface area contributed by atoms with Gasteiger partial charge in [-0.15, -0.1) is 0 Å². The van der Waals surface area contributed by atoms with E-state index in [0.29, 0.717) is 8.96 Å². The molecule has 0 N–H and O–H groups in total. The molecule has 1 fully saturated rings. The molecule has 0 amide bonds. The minimum Gasteiger partial charge on any atom is -0.0752 e. The summed E-state index contributed by atoms with van der Waals surface area (Å²) in [6.45, 7) is 0. The average molecular weight is 2930 g/mol. The average Bonchev–Trinajstić information content (AvgIpc) is 3.48. The van der Waals surface area contributed by atoms with Gasteiger partial charge in [-0.05, 0) is 86.4 Å². The predicted molar refractivity (Wildman–Crippen MR) is 443 cm³/mol. The van der Waals surface area contributed by atoms with Crippen LogP contribution in [0.4, 0.5) is 0 Å². The first-order chi connectivity index (χ1) is 35.4. The lowest BCUT2D eigenvalue weighted by atomic mass is 9.69. The highest BCUT2D eigenvalue weighted by atomic mass is 80.0. The lowest BCUT2D eigenvalue weighted by Crippen LogP contribution is -2.82. The zero-order valence-corrected chi connectivity index (χ0v) is 83.1. The lowest BCUT2D eigenvalue weighted by molar-refractivity contribution is 0.373. The van der Waals surface area contributed by atoms with E-state index < -0.39 is 52.9 Å². The first-order valence-electron chi connectivity index (χ1n) is 21.2. The van der Waals surface area contributed by atoms with Crippen LogP contribution in [0.1, 0.15) is 16.7 Å². The van der Waals surface area contributed by atoms with Gasteiger partial charge in [0.25, 0.3) is 0 Å². The molecule has 0 radical (unpaired) electrons. The Morgan fingerprint density at radius 1 is 0.308 bits per heavy atom. The highest BCUT2D eigenvalue weighted by Gasteiger charge is 2.90. The summed E-state index contributed by atoms with van der Waals surface area (Å²) in [4.78, 5) is 0. The molecular weight excluding hydrogens is 2910 g/mol. The molecule has 2 aliphatic carbocycles. The second-order valence-corrected chi connectivity index (χ2v) is 62.9. The van der Waals surface area contributed by atoms with Crippen LogP contribution in [-0.2, 0) is 11.9 Å². The fraction of sp³-hybridized carbons (Fsp3) is 0.306. The predicted octanol–water partition coefficient (Wildman–Crippen LogP) is 30.5. The maximum absolute atomic E-state index is 4.75. The van der Waals surface area contributed by atoms with Gasteiger partial charge >= 0.3 is 0 Å². The summed E-state index contributed by atoms with van der Waals surface area (Å²) < 4.78 is -18.0. The van der Waals surface area contributed by atoms with Gasteiger partial charge in [-0.1, -0.05) is 558 Å². The van der Waals surface area contributed by atoms with Gasteiger partial charge in [0.2, 0.25) is 0 Å². The molecule has 0 saturated heterocycles. The molecule has 420 valence electrons. The Morgan fingerprint density at radius 2 is 0.641 bits per heavy atom. The van der Waals surface area contributed by atoms with Crippen LogP contribution in [0.25, 0.3) is 32.3 Å². The minimum atomic E-state index is -1.54. The molecule has 0 bridgehead atoms. The van der Waals surface area contributed by atoms with E-state index in [2.05, 4.69) is 521 Å². The summed E-state index contributed by atoms with van der Waals surface area (Å²) in [5.41, 5.74) is 3.35. The fourth-order valence-electron chi connectivity index (χ4n) is 9.76. The lowest BCUT2D eigenvalue weighted by Gasteiger charge is -2.71. The Bertz CT molecular complexity index is 3470. The van der Waals surface area contributed by atoms with E-state index in [1.807, 2.05) is 36.4 Å². The summed E-state index contributed by atoms with van der Waals surface area (Å²) in [6, 6.07) is 43.8. The number of alkyl halides is 26. The number of allylic oxidation sites excluding steroid dienone is 4. The number of benzene rings is 6. The van der Waals surface area contributed by atoms with Crippen molar-refractivity contribution in [3.05, 3.63) is 163 Å². The van der Waals surface area contributed by atoms with Gasteiger partial charge < -0.3 is 0 Å². The zero-order valence-electron chi connectivity index (χ0n) is 37.1. The number of hydrogen-bond donors (Lipinski definition) is 0. The molecule has 29 heteroatoms. The van der Waals surface area contributed by atoms with Crippen molar-refractivity contribution < 1.29 is 0 Å². The van der Waals surface area contributed by atoms with Crippen molar-refractivity contribution in [1.82, 2.24) is 0 Å². The van der Waals surface area contributed by atoms with E-state index in [1.165, 1.54) is 0 Å². The van der Waals surface area contributed by atoms with Crippen LogP contribution in [-0.4, -0.2) is 41.0 Å². The SMILES string of the molecule is BrC1=C(Br)C(Br)(Br)C2(Br)C(=C1Br)C(Br)(C(Br)(Br)C(Br)(Br)C(Br)(Br)C(Br)(c1cccc3ccccc13)C(Br)(Br)C(Br)(c1cccc3ccccc13)C(Br)(Br)C(Br)(Br)C(Br)(Br)c1cccc3ccccc13)C(Br)(Br)C(Br)(Br)C2(Br)Br. The molecule has 0 aliphatic heterocycles. The summed E-state index contributed by atoms with van der Waals surface area (Å²) in [7, 11) is 0. The van der Waals surface area contributed by atoms with Gasteiger partial charge in [0.05, 0.1) is 0 Å². The zero-order chi connectivity index (χ0) is 58.9. The van der Waals surface area contributed by atoms with Crippen LogP contribution < -0.4 is 0 Å². The van der Waals surface area contributed by atoms with Gasteiger partial charge in [-0.2, -0.15) is 0 Å². The Labute approximate surface area is 695 Å². The van der Waals surface area contributed by atoms with E-state index in [0.717, 1.165) is 59.1 Å². The molecule has 0 heterocycles. The summed E-state index contributed by atoms with van der Waals surface area (Å²) in [5, 5.41) is 5.95. The second kappa shape index (κ2) is 24.9. The van der Waals surface area contributed by atoms with Crippen LogP contribution in [0, 0.1) is 0 Å². The Kier molecular flexibility index (Phi) is 23.4. The van der Waals surface area contributed by atoms with E-state index in [4.69, 9.17) is 31.9 Å². The van der Waals surface area contributed by atoms with Gasteiger partial charge in [-0.25, -0.2) is 0 Å². The molecule has 8 rings (SSSR count). The van der Waals surface area contributed by atoms with E-state index in [9.17, 15) is 0 Å². The van der Waals surface area contributed by atoms with Crippen LogP contribution in [0.3, 0.4) is 0 Å². The van der Waals surface area contributed by atoms with Crippen molar-refractivity contribution in [3.8, 4) is 0 Å². The molecule has 4 atom stereocenters. The van der Waals surface area contributed by atoms with E-state index in [-0.39, 0.29) is 0 Å². The quantitative estimate of drug-likeness (QED) is 0.107. The van der Waals surface area contributed by atoms with E-state index >= 15 is 0 Å². The Hall–Kier alpha value is 9.50. The summed E-state index contributed by atoms with van der Waals surface area (Å²) in [5.74, 6) is 0. The van der Waals surface area contributed by atoms with Gasteiger partial charge in [0.15, 0.2) is 0 Å². The summed E-state index contributed by atoms with van der Waals surface area (Å²) in [6.07, 6.45) is 0. The highest BCUT2D eigenvalue weighted by Crippen LogP contribution is 2.89. The third-order valence-electron chi connectivity index (χ3n) is 13.8. The number of fused-ring (bicyclic) bond motifs is 4. The monoisotopic (exact) mass is 2900 g/mol. The fourth-order valence-corrected chi connectivity index (χ4v) is 43.9. The molecule has 6 aromatic rings. The maximum atomic E-state index is 4.75. The first kappa shape index (κ1) is 73.3. The van der Waals surface area contributed by atoms with Crippen molar-refractivity contribution in [3.63, 3.8) is 0 Å². The number of hydrogen-bond acceptors (Lipinski definition) is 0. The first-order valence-corrected chi connectivity index (χ1v) is 44.2. The van der Waals surface area contributed by atoms with Crippen LogP contribution in [0.5, 0.6) is 0 Å². The molecule has 1 saturated carbocycles. The third kappa shape index (κ3) is 10.0. The molecule has 0 nitrogen and oxygen atoms in total. The van der Waals surface area contributed by atoms with Crippen LogP contribution in [0.2, 0.25) is 0 Å². The third-order valence-corrected chi connectivity index (χ3v) is 71.7. The Morgan fingerprint density at radius 3 is 1.04 bits per heavy atom. The van der Waals surface area contributed by atoms with Gasteiger partial charge in [-0.3, -0.25) is 0 Å². The van der Waals surface area contributed by atoms with Crippen molar-refractivity contribution in [2.24, 2.45) is 0 Å². The smallest absolute Gasteiger partial charge is 0.0752 e. The van der Waals surface area contributed by atoms with Crippen molar-refractivity contribution in [1.29, 1.82) is 0 Å². The minimum absolute atomic E-state index is 0.687. The summed E-state index contributed by atoms with van der Waals surface area (Å²) >= 11 is 127. The van der Waals surface area contributed by atoms with Crippen LogP contribution >= 0.6 is 462 Å². The molecule has 78 heavy (non-hydrogen) atoms. The molecule has 2 aliphatic rings. The van der Waals surface area contributed by atoms with Crippen LogP contribution in [0.15, 0.2) is 146 Å². The largest absolute Gasteiger partial charge is 0.136 e. The van der Waals surface area contributed by atoms with Crippen molar-refractivity contribution >= 4 is 494 Å². The van der Waals surface area contributed by atoms with Crippen molar-refractivity contribution in [2.45, 2.75) is 52.9 Å².